The Morgan fingerprint density at radius 1 is 1.35 bits per heavy atom. The van der Waals surface area contributed by atoms with Crippen LogP contribution in [0, 0.1) is 0 Å². The number of hydrogen-bond donors (Lipinski definition) is 2. The number of ether oxygens (including phenoxy) is 1. The minimum Gasteiger partial charge on any atom is -0.383 e. The van der Waals surface area contributed by atoms with Crippen LogP contribution >= 0.6 is 0 Å². The van der Waals surface area contributed by atoms with Gasteiger partial charge in [0.2, 0.25) is 0 Å². The van der Waals surface area contributed by atoms with Crippen LogP contribution < -0.4 is 11.1 Å². The number of carbonyl (C=O) groups excluding carboxylic acids is 1. The predicted octanol–water partition coefficient (Wildman–Crippen LogP) is 0.184. The van der Waals surface area contributed by atoms with Gasteiger partial charge < -0.3 is 15.8 Å². The number of carbonyl (C=O) groups is 1. The van der Waals surface area contributed by atoms with E-state index in [9.17, 15) is 13.2 Å². The number of nitrogens with two attached hydrogens (primary N) is 1. The quantitative estimate of drug-likeness (QED) is 0.748. The van der Waals surface area contributed by atoms with Crippen molar-refractivity contribution in [1.82, 2.24) is 5.32 Å². The summed E-state index contributed by atoms with van der Waals surface area (Å²) in [6.45, 7) is 0.885. The van der Waals surface area contributed by atoms with E-state index in [4.69, 9.17) is 10.5 Å². The van der Waals surface area contributed by atoms with E-state index in [0.717, 1.165) is 6.26 Å². The Balaban J connectivity index is 2.52. The molecule has 0 radical (unpaired) electrons. The van der Waals surface area contributed by atoms with Crippen molar-refractivity contribution >= 4 is 15.7 Å². The van der Waals surface area contributed by atoms with Crippen molar-refractivity contribution < 1.29 is 17.9 Å². The van der Waals surface area contributed by atoms with Gasteiger partial charge in [-0.2, -0.15) is 0 Å². The van der Waals surface area contributed by atoms with Crippen LogP contribution in [0.4, 0.5) is 0 Å². The summed E-state index contributed by atoms with van der Waals surface area (Å²) in [5.41, 5.74) is 6.15. The molecule has 7 heteroatoms. The van der Waals surface area contributed by atoms with E-state index in [1.165, 1.54) is 24.3 Å². The molecule has 20 heavy (non-hydrogen) atoms. The normalized spacial score (nSPS) is 12.9. The van der Waals surface area contributed by atoms with Crippen molar-refractivity contribution in [1.29, 1.82) is 0 Å². The lowest BCUT2D eigenvalue weighted by atomic mass is 10.2. The molecule has 0 spiro atoms. The van der Waals surface area contributed by atoms with E-state index in [-0.39, 0.29) is 16.8 Å². The molecule has 1 atom stereocenters. The fourth-order valence-corrected chi connectivity index (χ4v) is 2.25. The second-order valence-electron chi connectivity index (χ2n) is 4.56. The zero-order chi connectivity index (χ0) is 15.2. The second kappa shape index (κ2) is 7.37. The number of amides is 1. The van der Waals surface area contributed by atoms with Crippen molar-refractivity contribution in [3.05, 3.63) is 29.8 Å². The van der Waals surface area contributed by atoms with Gasteiger partial charge in [0.15, 0.2) is 9.84 Å². The van der Waals surface area contributed by atoms with Crippen molar-refractivity contribution in [3.63, 3.8) is 0 Å². The van der Waals surface area contributed by atoms with Crippen LogP contribution in [0.5, 0.6) is 0 Å². The van der Waals surface area contributed by atoms with E-state index in [1.807, 2.05) is 0 Å². The number of benzene rings is 1. The van der Waals surface area contributed by atoms with Crippen LogP contribution in [0.2, 0.25) is 0 Å². The minimum absolute atomic E-state index is 0.118. The fraction of sp³-hybridized carbons (Fsp3) is 0.462. The third-order valence-electron chi connectivity index (χ3n) is 2.73. The van der Waals surface area contributed by atoms with Crippen molar-refractivity contribution in [2.24, 2.45) is 5.73 Å². The van der Waals surface area contributed by atoms with E-state index >= 15 is 0 Å². The van der Waals surface area contributed by atoms with Gasteiger partial charge in [-0.15, -0.1) is 0 Å². The predicted molar refractivity (Wildman–Crippen MR) is 76.4 cm³/mol. The lowest BCUT2D eigenvalue weighted by molar-refractivity contribution is 0.0950. The highest BCUT2D eigenvalue weighted by molar-refractivity contribution is 7.90. The Kier molecular flexibility index (Phi) is 6.12. The fourth-order valence-electron chi connectivity index (χ4n) is 1.62. The molecule has 0 bridgehead atoms. The Morgan fingerprint density at radius 3 is 2.45 bits per heavy atom. The van der Waals surface area contributed by atoms with Gasteiger partial charge in [0.05, 0.1) is 11.5 Å². The third-order valence-corrected chi connectivity index (χ3v) is 3.85. The van der Waals surface area contributed by atoms with Crippen LogP contribution in [0.25, 0.3) is 0 Å². The molecule has 0 aliphatic heterocycles. The number of sulfone groups is 1. The lowest BCUT2D eigenvalue weighted by Gasteiger charge is -2.11. The molecule has 0 aliphatic rings. The monoisotopic (exact) mass is 300 g/mol. The number of nitrogens with one attached hydrogen (secondary N) is 1. The van der Waals surface area contributed by atoms with Gasteiger partial charge in [-0.3, -0.25) is 4.79 Å². The largest absolute Gasteiger partial charge is 0.383 e. The van der Waals surface area contributed by atoms with Crippen LogP contribution in [0.15, 0.2) is 29.2 Å². The van der Waals surface area contributed by atoms with Crippen molar-refractivity contribution in [2.75, 3.05) is 26.5 Å². The maximum atomic E-state index is 11.8. The molecule has 6 nitrogen and oxygen atoms in total. The number of rotatable bonds is 7. The average molecular weight is 300 g/mol. The molecular formula is C13H20N2O4S. The molecule has 0 aromatic heterocycles. The Morgan fingerprint density at radius 2 is 1.95 bits per heavy atom. The maximum absolute atomic E-state index is 11.8. The van der Waals surface area contributed by atoms with Gasteiger partial charge in [0.25, 0.3) is 5.91 Å². The molecule has 3 N–H and O–H groups in total. The number of methoxy groups -OCH3 is 1. The van der Waals surface area contributed by atoms with E-state index in [1.54, 1.807) is 7.11 Å². The van der Waals surface area contributed by atoms with E-state index in [2.05, 4.69) is 5.32 Å². The SMILES string of the molecule is COCC(N)CCNC(=O)c1ccc(S(C)(=O)=O)cc1. The molecular weight excluding hydrogens is 280 g/mol. The second-order valence-corrected chi connectivity index (χ2v) is 6.57. The first kappa shape index (κ1) is 16.6. The zero-order valence-electron chi connectivity index (χ0n) is 11.6. The van der Waals surface area contributed by atoms with Crippen LogP contribution in [0.1, 0.15) is 16.8 Å². The molecule has 112 valence electrons. The van der Waals surface area contributed by atoms with Crippen molar-refractivity contribution in [3.8, 4) is 0 Å². The Hall–Kier alpha value is -1.44. The molecule has 0 fully saturated rings. The summed E-state index contributed by atoms with van der Waals surface area (Å²) in [5, 5.41) is 2.72. The maximum Gasteiger partial charge on any atom is 0.251 e. The molecule has 1 aromatic carbocycles. The minimum atomic E-state index is -3.24. The standard InChI is InChI=1S/C13H20N2O4S/c1-19-9-11(14)7-8-15-13(16)10-3-5-12(6-4-10)20(2,17)18/h3-6,11H,7-9,14H2,1-2H3,(H,15,16). The molecule has 0 aliphatic carbocycles. The van der Waals surface area contributed by atoms with Gasteiger partial charge >= 0.3 is 0 Å². The lowest BCUT2D eigenvalue weighted by Crippen LogP contribution is -2.32. The van der Waals surface area contributed by atoms with Gasteiger partial charge in [0.1, 0.15) is 0 Å². The van der Waals surface area contributed by atoms with Gasteiger partial charge in [-0.05, 0) is 30.7 Å². The van der Waals surface area contributed by atoms with Crippen LogP contribution in [-0.4, -0.2) is 46.9 Å². The average Bonchev–Trinajstić information content (AvgIpc) is 2.38. The highest BCUT2D eigenvalue weighted by atomic mass is 32.2. The Labute approximate surface area is 119 Å². The Bertz CT molecular complexity index is 540. The van der Waals surface area contributed by atoms with Gasteiger partial charge in [-0.1, -0.05) is 0 Å². The van der Waals surface area contributed by atoms with E-state index < -0.39 is 9.84 Å². The molecule has 1 amide bonds. The molecule has 0 saturated carbocycles. The third kappa shape index (κ3) is 5.28. The first-order valence-electron chi connectivity index (χ1n) is 6.17. The molecule has 0 heterocycles. The van der Waals surface area contributed by atoms with Crippen molar-refractivity contribution in [2.45, 2.75) is 17.4 Å². The van der Waals surface area contributed by atoms with Crippen LogP contribution in [-0.2, 0) is 14.6 Å². The van der Waals surface area contributed by atoms with Gasteiger partial charge in [0, 0.05) is 31.5 Å². The molecule has 1 unspecified atom stereocenters. The topological polar surface area (TPSA) is 98.5 Å². The summed E-state index contributed by atoms with van der Waals surface area (Å²) in [5.74, 6) is -0.255. The summed E-state index contributed by atoms with van der Waals surface area (Å²) in [6.07, 6.45) is 1.74. The molecule has 1 aromatic rings. The first-order chi connectivity index (χ1) is 9.34. The smallest absolute Gasteiger partial charge is 0.251 e. The summed E-state index contributed by atoms with van der Waals surface area (Å²) < 4.78 is 27.5. The summed E-state index contributed by atoms with van der Waals surface area (Å²) in [6, 6.07) is 5.69. The molecule has 0 saturated heterocycles. The first-order valence-corrected chi connectivity index (χ1v) is 8.06. The highest BCUT2D eigenvalue weighted by Crippen LogP contribution is 2.10. The highest BCUT2D eigenvalue weighted by Gasteiger charge is 2.10. The number of hydrogen-bond acceptors (Lipinski definition) is 5. The molecule has 1 rings (SSSR count). The summed E-state index contributed by atoms with van der Waals surface area (Å²) >= 11 is 0. The van der Waals surface area contributed by atoms with E-state index in [0.29, 0.717) is 25.1 Å². The van der Waals surface area contributed by atoms with Gasteiger partial charge in [-0.25, -0.2) is 8.42 Å². The summed E-state index contributed by atoms with van der Waals surface area (Å²) in [4.78, 5) is 12.0. The summed E-state index contributed by atoms with van der Waals surface area (Å²) in [7, 11) is -1.67. The zero-order valence-corrected chi connectivity index (χ0v) is 12.4. The van der Waals surface area contributed by atoms with Crippen LogP contribution in [0.3, 0.4) is 0 Å².